The van der Waals surface area contributed by atoms with Crippen molar-refractivity contribution < 1.29 is 9.59 Å². The molecule has 1 saturated carbocycles. The number of carbonyl (C=O) groups is 2. The summed E-state index contributed by atoms with van der Waals surface area (Å²) < 4.78 is 0. The molecule has 1 saturated heterocycles. The molecule has 2 aliphatic rings. The Morgan fingerprint density at radius 1 is 0.833 bits per heavy atom. The van der Waals surface area contributed by atoms with Crippen LogP contribution >= 0.6 is 0 Å². The summed E-state index contributed by atoms with van der Waals surface area (Å²) in [4.78, 5) is 27.1. The number of imide groups is 1. The summed E-state index contributed by atoms with van der Waals surface area (Å²) in [5.74, 6) is 0.0357. The van der Waals surface area contributed by atoms with Crippen LogP contribution in [0.15, 0.2) is 54.6 Å². The van der Waals surface area contributed by atoms with E-state index in [0.717, 1.165) is 24.8 Å². The van der Waals surface area contributed by atoms with Gasteiger partial charge in [0.1, 0.15) is 0 Å². The number of carbonyl (C=O) groups excluding carboxylic acids is 2. The lowest BCUT2D eigenvalue weighted by atomic mass is 9.73. The maximum atomic E-state index is 12.9. The van der Waals surface area contributed by atoms with Crippen LogP contribution in [0.1, 0.15) is 36.3 Å². The molecule has 0 bridgehead atoms. The van der Waals surface area contributed by atoms with Gasteiger partial charge in [0.15, 0.2) is 0 Å². The second-order valence-corrected chi connectivity index (χ2v) is 6.98. The van der Waals surface area contributed by atoms with Crippen molar-refractivity contribution in [2.45, 2.75) is 32.1 Å². The molecule has 2 amide bonds. The fourth-order valence-electron chi connectivity index (χ4n) is 4.16. The Kier molecular flexibility index (Phi) is 3.72. The second-order valence-electron chi connectivity index (χ2n) is 6.98. The third kappa shape index (κ3) is 2.44. The van der Waals surface area contributed by atoms with Crippen LogP contribution in [0.25, 0.3) is 0 Å². The highest BCUT2D eigenvalue weighted by Gasteiger charge is 2.50. The molecule has 1 aliphatic heterocycles. The maximum Gasteiger partial charge on any atom is 0.237 e. The van der Waals surface area contributed by atoms with Crippen LogP contribution in [0.2, 0.25) is 0 Å². The van der Waals surface area contributed by atoms with Crippen LogP contribution in [-0.2, 0) is 9.59 Å². The third-order valence-corrected chi connectivity index (χ3v) is 5.49. The van der Waals surface area contributed by atoms with Gasteiger partial charge >= 0.3 is 0 Å². The highest BCUT2D eigenvalue weighted by molar-refractivity contribution is 6.22. The molecule has 3 heteroatoms. The lowest BCUT2D eigenvalue weighted by Gasteiger charge is -2.28. The second kappa shape index (κ2) is 5.90. The molecule has 122 valence electrons. The Balaban J connectivity index is 1.60. The van der Waals surface area contributed by atoms with E-state index in [4.69, 9.17) is 0 Å². The molecule has 0 aromatic heterocycles. The first-order valence-corrected chi connectivity index (χ1v) is 8.64. The Bertz CT molecular complexity index is 766. The van der Waals surface area contributed by atoms with Crippen molar-refractivity contribution in [2.24, 2.45) is 11.8 Å². The molecule has 1 aliphatic carbocycles. The largest absolute Gasteiger partial charge is 0.274 e. The van der Waals surface area contributed by atoms with E-state index in [1.807, 2.05) is 49.4 Å². The Morgan fingerprint density at radius 3 is 2.21 bits per heavy atom. The smallest absolute Gasteiger partial charge is 0.237 e. The Morgan fingerprint density at radius 2 is 1.50 bits per heavy atom. The van der Waals surface area contributed by atoms with Crippen molar-refractivity contribution in [3.8, 4) is 0 Å². The lowest BCUT2D eigenvalue weighted by molar-refractivity contribution is -0.122. The summed E-state index contributed by atoms with van der Waals surface area (Å²) in [5, 5.41) is 0. The standard InChI is InChI=1S/C21H21NO2/c1-14-7-10-17(11-8-14)22-20(23)18-12-9-16(13-19(18)21(22)24)15-5-3-2-4-6-15/h2-8,10-11,16,18-19H,9,12-13H2,1H3/t16-,18+,19+/m0/s1. The van der Waals surface area contributed by atoms with E-state index in [-0.39, 0.29) is 23.7 Å². The summed E-state index contributed by atoms with van der Waals surface area (Å²) in [7, 11) is 0. The molecule has 1 heterocycles. The molecule has 0 radical (unpaired) electrons. The van der Waals surface area contributed by atoms with Gasteiger partial charge in [0.25, 0.3) is 0 Å². The van der Waals surface area contributed by atoms with Crippen LogP contribution < -0.4 is 4.90 Å². The molecule has 0 N–H and O–H groups in total. The van der Waals surface area contributed by atoms with Crippen LogP contribution in [0.5, 0.6) is 0 Å². The number of amides is 2. The molecular formula is C21H21NO2. The average molecular weight is 319 g/mol. The molecule has 3 atom stereocenters. The highest BCUT2D eigenvalue weighted by Crippen LogP contribution is 2.45. The summed E-state index contributed by atoms with van der Waals surface area (Å²) in [6, 6.07) is 18.0. The van der Waals surface area contributed by atoms with E-state index >= 15 is 0 Å². The molecule has 0 unspecified atom stereocenters. The van der Waals surface area contributed by atoms with Crippen LogP contribution in [0.3, 0.4) is 0 Å². The minimum Gasteiger partial charge on any atom is -0.274 e. The van der Waals surface area contributed by atoms with Gasteiger partial charge in [0.05, 0.1) is 17.5 Å². The first-order chi connectivity index (χ1) is 11.6. The van der Waals surface area contributed by atoms with E-state index in [9.17, 15) is 9.59 Å². The van der Waals surface area contributed by atoms with Crippen LogP contribution in [0, 0.1) is 18.8 Å². The van der Waals surface area contributed by atoms with Crippen molar-refractivity contribution in [1.82, 2.24) is 0 Å². The molecule has 2 aromatic rings. The maximum absolute atomic E-state index is 12.9. The summed E-state index contributed by atoms with van der Waals surface area (Å²) in [5.41, 5.74) is 3.12. The number of nitrogens with zero attached hydrogens (tertiary/aromatic N) is 1. The third-order valence-electron chi connectivity index (χ3n) is 5.49. The summed E-state index contributed by atoms with van der Waals surface area (Å²) in [6.07, 6.45) is 2.56. The minimum absolute atomic E-state index is 0.0136. The highest BCUT2D eigenvalue weighted by atomic mass is 16.2. The van der Waals surface area contributed by atoms with Gasteiger partial charge in [-0.05, 0) is 49.8 Å². The number of hydrogen-bond acceptors (Lipinski definition) is 2. The predicted molar refractivity (Wildman–Crippen MR) is 93.7 cm³/mol. The van der Waals surface area contributed by atoms with Crippen molar-refractivity contribution in [2.75, 3.05) is 4.90 Å². The van der Waals surface area contributed by atoms with Gasteiger partial charge < -0.3 is 0 Å². The van der Waals surface area contributed by atoms with E-state index in [1.165, 1.54) is 10.5 Å². The molecular weight excluding hydrogens is 298 g/mol. The van der Waals surface area contributed by atoms with Gasteiger partial charge in [-0.2, -0.15) is 0 Å². The zero-order valence-electron chi connectivity index (χ0n) is 13.8. The molecule has 2 fully saturated rings. The van der Waals surface area contributed by atoms with E-state index in [1.54, 1.807) is 0 Å². The summed E-state index contributed by atoms with van der Waals surface area (Å²) >= 11 is 0. The lowest BCUT2D eigenvalue weighted by Crippen LogP contribution is -2.30. The predicted octanol–water partition coefficient (Wildman–Crippen LogP) is 4.07. The van der Waals surface area contributed by atoms with E-state index in [0.29, 0.717) is 11.6 Å². The molecule has 2 aromatic carbocycles. The zero-order valence-corrected chi connectivity index (χ0v) is 13.8. The van der Waals surface area contributed by atoms with Gasteiger partial charge in [-0.3, -0.25) is 14.5 Å². The molecule has 24 heavy (non-hydrogen) atoms. The minimum atomic E-state index is -0.169. The van der Waals surface area contributed by atoms with Crippen molar-refractivity contribution in [3.05, 3.63) is 65.7 Å². The number of aryl methyl sites for hydroxylation is 1. The molecule has 4 rings (SSSR count). The fraction of sp³-hybridized carbons (Fsp3) is 0.333. The van der Waals surface area contributed by atoms with Crippen molar-refractivity contribution >= 4 is 17.5 Å². The van der Waals surface area contributed by atoms with E-state index in [2.05, 4.69) is 12.1 Å². The summed E-state index contributed by atoms with van der Waals surface area (Å²) in [6.45, 7) is 2.00. The van der Waals surface area contributed by atoms with Gasteiger partial charge in [0, 0.05) is 0 Å². The molecule has 3 nitrogen and oxygen atoms in total. The monoisotopic (exact) mass is 319 g/mol. The van der Waals surface area contributed by atoms with Gasteiger partial charge in [-0.1, -0.05) is 48.0 Å². The Hall–Kier alpha value is -2.42. The average Bonchev–Trinajstić information content (AvgIpc) is 2.87. The van der Waals surface area contributed by atoms with E-state index < -0.39 is 0 Å². The van der Waals surface area contributed by atoms with Gasteiger partial charge in [0.2, 0.25) is 11.8 Å². The van der Waals surface area contributed by atoms with Gasteiger partial charge in [-0.15, -0.1) is 0 Å². The zero-order chi connectivity index (χ0) is 16.7. The fourth-order valence-corrected chi connectivity index (χ4v) is 4.16. The van der Waals surface area contributed by atoms with Crippen LogP contribution in [0.4, 0.5) is 5.69 Å². The number of anilines is 1. The Labute approximate surface area is 142 Å². The topological polar surface area (TPSA) is 37.4 Å². The first-order valence-electron chi connectivity index (χ1n) is 8.64. The van der Waals surface area contributed by atoms with Gasteiger partial charge in [-0.25, -0.2) is 0 Å². The number of rotatable bonds is 2. The quantitative estimate of drug-likeness (QED) is 0.783. The molecule has 0 spiro atoms. The van der Waals surface area contributed by atoms with Crippen molar-refractivity contribution in [1.29, 1.82) is 0 Å². The van der Waals surface area contributed by atoms with Crippen molar-refractivity contribution in [3.63, 3.8) is 0 Å². The normalized spacial score (nSPS) is 26.5. The number of fused-ring (bicyclic) bond motifs is 1. The first kappa shape index (κ1) is 15.1. The number of hydrogen-bond donors (Lipinski definition) is 0. The SMILES string of the molecule is Cc1ccc(N2C(=O)[C@@H]3CC[C@H](c4ccccc4)C[C@H]3C2=O)cc1. The number of benzene rings is 2. The van der Waals surface area contributed by atoms with Crippen LogP contribution in [-0.4, -0.2) is 11.8 Å².